The van der Waals surface area contributed by atoms with E-state index in [1.165, 1.54) is 50.5 Å². The van der Waals surface area contributed by atoms with Crippen LogP contribution in [0.1, 0.15) is 129 Å². The van der Waals surface area contributed by atoms with E-state index in [2.05, 4.69) is 120 Å². The number of benzene rings is 3. The molecule has 1 aliphatic rings. The van der Waals surface area contributed by atoms with Gasteiger partial charge in [-0.05, 0) is 83.8 Å². The van der Waals surface area contributed by atoms with Crippen LogP contribution in [-0.2, 0) is 24.9 Å². The van der Waals surface area contributed by atoms with Gasteiger partial charge in [0.05, 0.1) is 0 Å². The maximum absolute atomic E-state index is 12.2. The van der Waals surface area contributed by atoms with E-state index in [9.17, 15) is 9.90 Å². The van der Waals surface area contributed by atoms with Crippen LogP contribution in [0.4, 0.5) is 5.69 Å². The van der Waals surface area contributed by atoms with Crippen LogP contribution in [-0.4, -0.2) is 29.8 Å². The summed E-state index contributed by atoms with van der Waals surface area (Å²) in [6, 6.07) is 25.9. The van der Waals surface area contributed by atoms with E-state index in [-0.39, 0.29) is 49.3 Å². The number of ketones is 1. The average Bonchev–Trinajstić information content (AvgIpc) is 3.13. The Morgan fingerprint density at radius 3 is 1.94 bits per heavy atom. The molecule has 0 aliphatic carbocycles. The number of nitrogens with zero attached hydrogens (tertiary/aromatic N) is 2. The van der Waals surface area contributed by atoms with Crippen molar-refractivity contribution in [3.63, 3.8) is 0 Å². The Hall–Kier alpha value is -3.47. The minimum atomic E-state index is -0.337. The summed E-state index contributed by atoms with van der Waals surface area (Å²) in [5, 5.41) is 10.1. The Morgan fingerprint density at radius 1 is 0.849 bits per heavy atom. The Balaban J connectivity index is 0.000000359. The van der Waals surface area contributed by atoms with Gasteiger partial charge >= 0.3 is 6.85 Å². The number of fused-ring (bicyclic) bond motifs is 3. The minimum absolute atomic E-state index is 0. The van der Waals surface area contributed by atoms with Crippen LogP contribution in [0.25, 0.3) is 22.4 Å². The molecule has 1 aliphatic heterocycles. The van der Waals surface area contributed by atoms with Crippen molar-refractivity contribution in [3.8, 4) is 22.4 Å². The number of aryl methyl sites for hydroxylation is 2. The van der Waals surface area contributed by atoms with Crippen molar-refractivity contribution in [3.05, 3.63) is 107 Å². The zero-order valence-electron chi connectivity index (χ0n) is 34.6. The number of rotatable bonds is 11. The van der Waals surface area contributed by atoms with E-state index in [0.29, 0.717) is 11.8 Å². The van der Waals surface area contributed by atoms with Crippen molar-refractivity contribution < 1.29 is 30.0 Å². The van der Waals surface area contributed by atoms with Crippen LogP contribution in [0.3, 0.4) is 0 Å². The summed E-state index contributed by atoms with van der Waals surface area (Å²) in [5.74, 6) is 1.16. The molecule has 1 radical (unpaired) electrons. The van der Waals surface area contributed by atoms with Crippen LogP contribution in [0.15, 0.2) is 78.7 Å². The van der Waals surface area contributed by atoms with Gasteiger partial charge in [0.15, 0.2) is 5.78 Å². The smallest absolute Gasteiger partial charge is 0.324 e. The Morgan fingerprint density at radius 2 is 1.42 bits per heavy atom. The van der Waals surface area contributed by atoms with Gasteiger partial charge in [-0.2, -0.15) is 0 Å². The van der Waals surface area contributed by atoms with Crippen molar-refractivity contribution in [2.24, 2.45) is 10.8 Å². The van der Waals surface area contributed by atoms with E-state index < -0.39 is 0 Å². The number of carbonyl (C=O) groups excluding carboxylic acids is 1. The van der Waals surface area contributed by atoms with Crippen molar-refractivity contribution in [1.82, 2.24) is 4.98 Å². The first-order chi connectivity index (χ1) is 24.6. The van der Waals surface area contributed by atoms with Gasteiger partial charge in [0.1, 0.15) is 5.76 Å². The van der Waals surface area contributed by atoms with E-state index in [1.54, 1.807) is 0 Å². The molecule has 0 unspecified atom stereocenters. The molecular weight excluding hydrogens is 828 g/mol. The maximum atomic E-state index is 12.2. The number of allylic oxidation sites excluding steroid dienone is 2. The zero-order chi connectivity index (χ0) is 38.5. The molecule has 285 valence electrons. The quantitative estimate of drug-likeness (QED) is 0.0706. The molecule has 0 atom stereocenters. The topological polar surface area (TPSA) is 53.4 Å². The second-order valence-corrected chi connectivity index (χ2v) is 16.0. The number of hydrogen-bond donors (Lipinski definition) is 1. The number of anilines is 1. The summed E-state index contributed by atoms with van der Waals surface area (Å²) in [6.07, 6.45) is 6.70. The van der Waals surface area contributed by atoms with Crippen LogP contribution in [0, 0.1) is 30.7 Å². The first kappa shape index (κ1) is 43.9. The second-order valence-electron chi connectivity index (χ2n) is 16.0. The first-order valence-electron chi connectivity index (χ1n) is 19.5. The van der Waals surface area contributed by atoms with Crippen molar-refractivity contribution in [1.29, 1.82) is 0 Å². The third-order valence-corrected chi connectivity index (χ3v) is 11.9. The van der Waals surface area contributed by atoms with Gasteiger partial charge in [-0.1, -0.05) is 126 Å². The molecule has 2 heterocycles. The van der Waals surface area contributed by atoms with Gasteiger partial charge in [-0.25, -0.2) is 0 Å². The maximum Gasteiger partial charge on any atom is 0.324 e. The predicted molar refractivity (Wildman–Crippen MR) is 225 cm³/mol. The molecule has 0 saturated heterocycles. The van der Waals surface area contributed by atoms with Crippen molar-refractivity contribution >= 4 is 29.2 Å². The molecule has 4 nitrogen and oxygen atoms in total. The monoisotopic (exact) mass is 890 g/mol. The Labute approximate surface area is 335 Å². The molecular formula is C47H62BIrN2O2-. The summed E-state index contributed by atoms with van der Waals surface area (Å²) in [6.45, 7) is 25.7. The van der Waals surface area contributed by atoms with Crippen molar-refractivity contribution in [2.45, 2.75) is 121 Å². The molecule has 0 bridgehead atoms. The molecule has 6 heteroatoms. The van der Waals surface area contributed by atoms with Gasteiger partial charge in [0.2, 0.25) is 0 Å². The van der Waals surface area contributed by atoms with E-state index in [1.807, 2.05) is 47.7 Å². The predicted octanol–water partition coefficient (Wildman–Crippen LogP) is 11.3. The molecule has 3 aromatic carbocycles. The van der Waals surface area contributed by atoms with Gasteiger partial charge in [0.25, 0.3) is 0 Å². The fourth-order valence-electron chi connectivity index (χ4n) is 7.52. The number of aliphatic hydroxyl groups excluding tert-OH is 1. The van der Waals surface area contributed by atoms with Crippen LogP contribution < -0.4 is 15.7 Å². The number of aromatic nitrogens is 1. The first-order valence-corrected chi connectivity index (χ1v) is 19.5. The van der Waals surface area contributed by atoms with Crippen LogP contribution >= 0.6 is 0 Å². The van der Waals surface area contributed by atoms with E-state index >= 15 is 0 Å². The largest absolute Gasteiger partial charge is 0.512 e. The summed E-state index contributed by atoms with van der Waals surface area (Å²) >= 11 is 0. The summed E-state index contributed by atoms with van der Waals surface area (Å²) in [4.78, 5) is 19.6. The number of aliphatic hydroxyl groups is 1. The Bertz CT molecular complexity index is 1860. The fraction of sp³-hybridized carbons (Fsp3) is 0.447. The number of carbonyl (C=O) groups is 1. The Kier molecular flexibility index (Phi) is 15.1. The number of hydrogen-bond acceptors (Lipinski definition) is 4. The van der Waals surface area contributed by atoms with E-state index in [4.69, 9.17) is 4.98 Å². The third kappa shape index (κ3) is 9.09. The molecule has 5 rings (SSSR count). The van der Waals surface area contributed by atoms with Crippen LogP contribution in [0.5, 0.6) is 0 Å². The normalized spacial score (nSPS) is 12.9. The summed E-state index contributed by atoms with van der Waals surface area (Å²) < 4.78 is 0. The summed E-state index contributed by atoms with van der Waals surface area (Å²) in [7, 11) is 2.24. The molecule has 1 N–H and O–H groups in total. The van der Waals surface area contributed by atoms with Gasteiger partial charge in [-0.3, -0.25) is 4.79 Å². The molecule has 53 heavy (non-hydrogen) atoms. The van der Waals surface area contributed by atoms with Gasteiger partial charge in [-0.15, -0.1) is 34.9 Å². The van der Waals surface area contributed by atoms with Gasteiger partial charge in [0, 0.05) is 54.6 Å². The van der Waals surface area contributed by atoms with Crippen molar-refractivity contribution in [2.75, 3.05) is 11.9 Å². The molecule has 4 aromatic rings. The minimum Gasteiger partial charge on any atom is -0.512 e. The fourth-order valence-corrected chi connectivity index (χ4v) is 7.52. The standard InChI is InChI=1S/C32H34BN2.C15H28O2.Ir/c1-20(2)25-12-10-13-26(21(3)4)30(25)33-29-14-9-8-11-27(29)28-15-16-34-31(32(28)35(33)7)24-18-22(5)17-23(6)19-24;1-7-14(5,8-2)12(16)11-13(17)15(6,9-3)10-4;/h8-18,20-21H,1-7H3;11,16H,7-10H2,1-6H3;/q-1;;/b;12-11-;. The molecule has 0 amide bonds. The molecule has 1 aromatic heterocycles. The third-order valence-electron chi connectivity index (χ3n) is 11.9. The zero-order valence-corrected chi connectivity index (χ0v) is 37.0. The van der Waals surface area contributed by atoms with E-state index in [0.717, 1.165) is 42.5 Å². The second kappa shape index (κ2) is 18.2. The molecule has 0 fully saturated rings. The number of pyridine rings is 1. The summed E-state index contributed by atoms with van der Waals surface area (Å²) in [5.41, 5.74) is 13.2. The van der Waals surface area contributed by atoms with Crippen LogP contribution in [0.2, 0.25) is 0 Å². The SMILES string of the molecule is CCC(C)(CC)C(=O)/C=C(\O)C(C)(CC)CC.Cc1[c-]c(-c2nccc3c2N(C)B(c2c(C(C)C)cccc2C(C)C)c2ccccc2-3)cc(C)c1.[Ir]. The molecule has 0 spiro atoms. The average molecular weight is 890 g/mol. The molecule has 0 saturated carbocycles. The van der Waals surface area contributed by atoms with Gasteiger partial charge < -0.3 is 14.9 Å².